The van der Waals surface area contributed by atoms with Crippen LogP contribution >= 0.6 is 0 Å². The number of rotatable bonds is 3. The van der Waals surface area contributed by atoms with Gasteiger partial charge in [0.25, 0.3) is 0 Å². The van der Waals surface area contributed by atoms with Gasteiger partial charge in [-0.1, -0.05) is 60.7 Å². The molecule has 1 amide bonds. The van der Waals surface area contributed by atoms with E-state index in [1.54, 1.807) is 19.1 Å². The summed E-state index contributed by atoms with van der Waals surface area (Å²) in [7, 11) is 0. The van der Waals surface area contributed by atoms with Crippen molar-refractivity contribution >= 4 is 12.1 Å². The van der Waals surface area contributed by atoms with E-state index in [1.807, 2.05) is 48.5 Å². The minimum Gasteiger partial charge on any atom is -0.450 e. The number of carbonyl (C=O) groups is 2. The molecule has 2 aromatic carbocycles. The first kappa shape index (κ1) is 15.1. The molecule has 2 atom stereocenters. The quantitative estimate of drug-likeness (QED) is 0.815. The highest BCUT2D eigenvalue weighted by Crippen LogP contribution is 2.40. The zero-order valence-electron chi connectivity index (χ0n) is 12.7. The molecule has 23 heavy (non-hydrogen) atoms. The molecule has 118 valence electrons. The van der Waals surface area contributed by atoms with E-state index in [1.165, 1.54) is 4.90 Å². The number of amides is 1. The van der Waals surface area contributed by atoms with Crippen LogP contribution in [-0.2, 0) is 14.3 Å². The maximum atomic E-state index is 12.4. The highest BCUT2D eigenvalue weighted by atomic mass is 16.6. The van der Waals surface area contributed by atoms with Crippen molar-refractivity contribution in [3.63, 3.8) is 0 Å². The van der Waals surface area contributed by atoms with Gasteiger partial charge < -0.3 is 9.47 Å². The average molecular weight is 311 g/mol. The summed E-state index contributed by atoms with van der Waals surface area (Å²) in [6, 6.07) is 17.5. The SMILES string of the molecule is CCOC(=O)N1C(c2ccccc2)C(=O)O[C@H]1c1ccccc1. The molecule has 0 aliphatic carbocycles. The third-order valence-corrected chi connectivity index (χ3v) is 3.66. The third-order valence-electron chi connectivity index (χ3n) is 3.66. The second-order valence-corrected chi connectivity index (χ2v) is 5.12. The van der Waals surface area contributed by atoms with Crippen LogP contribution in [0.1, 0.15) is 30.3 Å². The minimum atomic E-state index is -0.805. The van der Waals surface area contributed by atoms with E-state index < -0.39 is 24.3 Å². The lowest BCUT2D eigenvalue weighted by Gasteiger charge is -2.25. The Morgan fingerprint density at radius 2 is 1.61 bits per heavy atom. The molecule has 1 heterocycles. The molecule has 3 rings (SSSR count). The number of hydrogen-bond acceptors (Lipinski definition) is 4. The molecule has 0 aromatic heterocycles. The number of ether oxygens (including phenoxy) is 2. The monoisotopic (exact) mass is 311 g/mol. The summed E-state index contributed by atoms with van der Waals surface area (Å²) in [5, 5.41) is 0. The molecule has 5 nitrogen and oxygen atoms in total. The number of nitrogens with zero attached hydrogens (tertiary/aromatic N) is 1. The summed E-state index contributed by atoms with van der Waals surface area (Å²) in [4.78, 5) is 26.2. The van der Waals surface area contributed by atoms with Crippen LogP contribution < -0.4 is 0 Å². The van der Waals surface area contributed by atoms with Crippen LogP contribution in [0.3, 0.4) is 0 Å². The third kappa shape index (κ3) is 2.90. The topological polar surface area (TPSA) is 55.8 Å². The van der Waals surface area contributed by atoms with Crippen LogP contribution in [0.15, 0.2) is 60.7 Å². The van der Waals surface area contributed by atoms with Gasteiger partial charge in [0.05, 0.1) is 6.61 Å². The Morgan fingerprint density at radius 1 is 1.04 bits per heavy atom. The highest BCUT2D eigenvalue weighted by Gasteiger charge is 2.47. The first-order chi connectivity index (χ1) is 11.2. The van der Waals surface area contributed by atoms with E-state index in [0.29, 0.717) is 5.56 Å². The highest BCUT2D eigenvalue weighted by molar-refractivity contribution is 5.86. The lowest BCUT2D eigenvalue weighted by Crippen LogP contribution is -2.34. The van der Waals surface area contributed by atoms with Crippen LogP contribution in [0, 0.1) is 0 Å². The van der Waals surface area contributed by atoms with E-state index in [0.717, 1.165) is 5.56 Å². The predicted molar refractivity (Wildman–Crippen MR) is 83.3 cm³/mol. The van der Waals surface area contributed by atoms with Crippen molar-refractivity contribution in [3.05, 3.63) is 71.8 Å². The van der Waals surface area contributed by atoms with Gasteiger partial charge in [0.1, 0.15) is 0 Å². The molecule has 0 bridgehead atoms. The Bertz CT molecular complexity index is 687. The molecule has 0 N–H and O–H groups in total. The maximum Gasteiger partial charge on any atom is 0.413 e. The summed E-state index contributed by atoms with van der Waals surface area (Å²) in [6.45, 7) is 1.96. The molecule has 0 spiro atoms. The van der Waals surface area contributed by atoms with E-state index in [2.05, 4.69) is 0 Å². The Hall–Kier alpha value is -2.82. The van der Waals surface area contributed by atoms with Crippen molar-refractivity contribution in [1.82, 2.24) is 4.90 Å². The lowest BCUT2D eigenvalue weighted by molar-refractivity contribution is -0.143. The zero-order valence-corrected chi connectivity index (χ0v) is 12.7. The number of cyclic esters (lactones) is 1. The number of esters is 1. The van der Waals surface area contributed by atoms with Crippen molar-refractivity contribution < 1.29 is 19.1 Å². The number of carbonyl (C=O) groups excluding carboxylic acids is 2. The fourth-order valence-electron chi connectivity index (χ4n) is 2.66. The summed E-state index contributed by atoms with van der Waals surface area (Å²) in [5.41, 5.74) is 1.43. The maximum absolute atomic E-state index is 12.4. The molecule has 1 aliphatic rings. The van der Waals surface area contributed by atoms with Crippen molar-refractivity contribution in [3.8, 4) is 0 Å². The van der Waals surface area contributed by atoms with E-state index in [4.69, 9.17) is 9.47 Å². The second kappa shape index (κ2) is 6.52. The van der Waals surface area contributed by atoms with Crippen LogP contribution in [0.25, 0.3) is 0 Å². The number of benzene rings is 2. The minimum absolute atomic E-state index is 0.229. The van der Waals surface area contributed by atoms with Crippen molar-refractivity contribution in [2.75, 3.05) is 6.61 Å². The predicted octanol–water partition coefficient (Wildman–Crippen LogP) is 3.44. The molecule has 0 radical (unpaired) electrons. The smallest absolute Gasteiger partial charge is 0.413 e. The molecule has 0 saturated carbocycles. The van der Waals surface area contributed by atoms with Gasteiger partial charge in [-0.25, -0.2) is 14.5 Å². The molecule has 1 fully saturated rings. The average Bonchev–Trinajstić information content (AvgIpc) is 2.94. The van der Waals surface area contributed by atoms with Gasteiger partial charge >= 0.3 is 12.1 Å². The fourth-order valence-corrected chi connectivity index (χ4v) is 2.66. The van der Waals surface area contributed by atoms with Crippen LogP contribution in [0.5, 0.6) is 0 Å². The molecule has 1 aliphatic heterocycles. The standard InChI is InChI=1S/C18H17NO4/c1-2-22-18(21)19-15(13-9-5-3-6-10-13)17(20)23-16(19)14-11-7-4-8-12-14/h3-12,15-16H,2H2,1H3/t15?,16-/m0/s1. The molecule has 5 heteroatoms. The van der Waals surface area contributed by atoms with Gasteiger partial charge in [0, 0.05) is 5.56 Å². The van der Waals surface area contributed by atoms with Gasteiger partial charge in [-0.2, -0.15) is 0 Å². The number of hydrogen-bond donors (Lipinski definition) is 0. The first-order valence-corrected chi connectivity index (χ1v) is 7.48. The molecule has 1 unspecified atom stereocenters. The lowest BCUT2D eigenvalue weighted by atomic mass is 10.1. The van der Waals surface area contributed by atoms with Crippen molar-refractivity contribution in [2.45, 2.75) is 19.2 Å². The zero-order chi connectivity index (χ0) is 16.2. The van der Waals surface area contributed by atoms with Crippen LogP contribution in [0.2, 0.25) is 0 Å². The second-order valence-electron chi connectivity index (χ2n) is 5.12. The van der Waals surface area contributed by atoms with Crippen molar-refractivity contribution in [2.24, 2.45) is 0 Å². The first-order valence-electron chi connectivity index (χ1n) is 7.48. The Kier molecular flexibility index (Phi) is 4.28. The largest absolute Gasteiger partial charge is 0.450 e. The van der Waals surface area contributed by atoms with E-state index in [9.17, 15) is 9.59 Å². The van der Waals surface area contributed by atoms with Gasteiger partial charge in [0.2, 0.25) is 6.23 Å². The summed E-state index contributed by atoms with van der Waals surface area (Å²) < 4.78 is 10.6. The fraction of sp³-hybridized carbons (Fsp3) is 0.222. The van der Waals surface area contributed by atoms with E-state index >= 15 is 0 Å². The van der Waals surface area contributed by atoms with Crippen LogP contribution in [0.4, 0.5) is 4.79 Å². The van der Waals surface area contributed by atoms with Gasteiger partial charge in [-0.15, -0.1) is 0 Å². The Balaban J connectivity index is 2.01. The van der Waals surface area contributed by atoms with Gasteiger partial charge in [-0.05, 0) is 12.5 Å². The van der Waals surface area contributed by atoms with Crippen molar-refractivity contribution in [1.29, 1.82) is 0 Å². The van der Waals surface area contributed by atoms with E-state index in [-0.39, 0.29) is 6.61 Å². The summed E-state index contributed by atoms with van der Waals surface area (Å²) in [6.07, 6.45) is -1.35. The Morgan fingerprint density at radius 3 is 2.17 bits per heavy atom. The van der Waals surface area contributed by atoms with Gasteiger partial charge in [-0.3, -0.25) is 0 Å². The summed E-state index contributed by atoms with van der Waals surface area (Å²) >= 11 is 0. The van der Waals surface area contributed by atoms with Crippen LogP contribution in [-0.4, -0.2) is 23.6 Å². The summed E-state index contributed by atoms with van der Waals surface area (Å²) in [5.74, 6) is -0.460. The Labute approximate surface area is 134 Å². The normalized spacial score (nSPS) is 20.2. The molecular weight excluding hydrogens is 294 g/mol. The molecule has 1 saturated heterocycles. The van der Waals surface area contributed by atoms with Gasteiger partial charge in [0.15, 0.2) is 6.04 Å². The molecular formula is C18H17NO4. The molecule has 2 aromatic rings.